The molecule has 0 spiro atoms. The third-order valence-electron chi connectivity index (χ3n) is 5.96. The minimum Gasteiger partial charge on any atom is -0.285 e. The van der Waals surface area contributed by atoms with E-state index in [0.717, 1.165) is 49.9 Å². The van der Waals surface area contributed by atoms with Gasteiger partial charge in [0.05, 0.1) is 16.7 Å². The van der Waals surface area contributed by atoms with Crippen molar-refractivity contribution in [2.75, 3.05) is 0 Å². The highest BCUT2D eigenvalue weighted by Gasteiger charge is 2.20. The predicted molar refractivity (Wildman–Crippen MR) is 128 cm³/mol. The molecular formula is C27H17N5. The molecule has 0 radical (unpaired) electrons. The Morgan fingerprint density at radius 2 is 1.34 bits per heavy atom. The fraction of sp³-hybridized carbons (Fsp3) is 0. The molecule has 0 saturated carbocycles. The van der Waals surface area contributed by atoms with Crippen LogP contribution in [0.15, 0.2) is 103 Å². The Morgan fingerprint density at radius 3 is 2.25 bits per heavy atom. The van der Waals surface area contributed by atoms with Crippen LogP contribution in [-0.4, -0.2) is 23.9 Å². The van der Waals surface area contributed by atoms with Crippen LogP contribution in [0.25, 0.3) is 55.8 Å². The average Bonchev–Trinajstić information content (AvgIpc) is 3.39. The molecule has 0 aliphatic rings. The van der Waals surface area contributed by atoms with E-state index in [1.54, 1.807) is 0 Å². The van der Waals surface area contributed by atoms with Crippen LogP contribution in [0.1, 0.15) is 0 Å². The number of hydrogen-bond acceptors (Lipinski definition) is 3. The summed E-state index contributed by atoms with van der Waals surface area (Å²) < 4.78 is 4.24. The van der Waals surface area contributed by atoms with Crippen molar-refractivity contribution in [2.45, 2.75) is 0 Å². The lowest BCUT2D eigenvalue weighted by Gasteiger charge is -2.11. The zero-order valence-corrected chi connectivity index (χ0v) is 17.1. The molecule has 7 aromatic rings. The molecule has 0 fully saturated rings. The third kappa shape index (κ3) is 2.36. The second-order valence-corrected chi connectivity index (χ2v) is 7.82. The van der Waals surface area contributed by atoms with Gasteiger partial charge < -0.3 is 0 Å². The lowest BCUT2D eigenvalue weighted by atomic mass is 10.1. The van der Waals surface area contributed by atoms with Crippen molar-refractivity contribution < 1.29 is 0 Å². The average molecular weight is 411 g/mol. The van der Waals surface area contributed by atoms with Gasteiger partial charge in [-0.2, -0.15) is 0 Å². The fourth-order valence-electron chi connectivity index (χ4n) is 4.54. The molecule has 0 N–H and O–H groups in total. The first-order valence-electron chi connectivity index (χ1n) is 10.6. The highest BCUT2D eigenvalue weighted by Crippen LogP contribution is 2.33. The van der Waals surface area contributed by atoms with Crippen molar-refractivity contribution in [3.63, 3.8) is 0 Å². The summed E-state index contributed by atoms with van der Waals surface area (Å²) in [5.74, 6) is 0.638. The maximum absolute atomic E-state index is 5.11. The van der Waals surface area contributed by atoms with Crippen LogP contribution in [0.3, 0.4) is 0 Å². The summed E-state index contributed by atoms with van der Waals surface area (Å²) in [6.07, 6.45) is 2.04. The van der Waals surface area contributed by atoms with Crippen molar-refractivity contribution in [1.29, 1.82) is 0 Å². The Hall–Kier alpha value is -4.51. The highest BCUT2D eigenvalue weighted by atomic mass is 15.2. The van der Waals surface area contributed by atoms with Gasteiger partial charge in [0, 0.05) is 22.5 Å². The third-order valence-corrected chi connectivity index (χ3v) is 5.96. The molecule has 0 aliphatic carbocycles. The second-order valence-electron chi connectivity index (χ2n) is 7.82. The molecule has 0 aliphatic heterocycles. The Balaban J connectivity index is 1.66. The number of aromatic nitrogens is 5. The molecular weight excluding hydrogens is 394 g/mol. The molecule has 0 saturated heterocycles. The molecule has 32 heavy (non-hydrogen) atoms. The Kier molecular flexibility index (Phi) is 3.49. The van der Waals surface area contributed by atoms with Crippen LogP contribution < -0.4 is 0 Å². The predicted octanol–water partition coefficient (Wildman–Crippen LogP) is 6.04. The monoisotopic (exact) mass is 411 g/mol. The lowest BCUT2D eigenvalue weighted by Crippen LogP contribution is -2.04. The number of pyridine rings is 1. The van der Waals surface area contributed by atoms with Gasteiger partial charge in [-0.3, -0.25) is 8.97 Å². The van der Waals surface area contributed by atoms with E-state index in [0.29, 0.717) is 5.95 Å². The van der Waals surface area contributed by atoms with Gasteiger partial charge in [-0.15, -0.1) is 0 Å². The smallest absolute Gasteiger partial charge is 0.237 e. The molecule has 5 heteroatoms. The summed E-state index contributed by atoms with van der Waals surface area (Å²) in [5.41, 5.74) is 6.76. The highest BCUT2D eigenvalue weighted by molar-refractivity contribution is 6.07. The van der Waals surface area contributed by atoms with Gasteiger partial charge in [0.25, 0.3) is 0 Å². The van der Waals surface area contributed by atoms with Crippen molar-refractivity contribution >= 4 is 38.6 Å². The van der Waals surface area contributed by atoms with Crippen molar-refractivity contribution in [3.8, 4) is 17.2 Å². The second kappa shape index (κ2) is 6.49. The Bertz CT molecular complexity index is 1770. The topological polar surface area (TPSA) is 48.0 Å². The van der Waals surface area contributed by atoms with Crippen LogP contribution in [0.2, 0.25) is 0 Å². The Morgan fingerprint density at radius 1 is 0.594 bits per heavy atom. The number of imidazole rings is 1. The number of para-hydroxylation sites is 2. The molecule has 7 rings (SSSR count). The zero-order chi connectivity index (χ0) is 21.1. The first-order valence-corrected chi connectivity index (χ1v) is 10.6. The first kappa shape index (κ1) is 17.2. The van der Waals surface area contributed by atoms with Gasteiger partial charge in [0.15, 0.2) is 5.65 Å². The number of benzene rings is 3. The van der Waals surface area contributed by atoms with Gasteiger partial charge in [-0.05, 0) is 24.3 Å². The van der Waals surface area contributed by atoms with E-state index < -0.39 is 0 Å². The molecule has 150 valence electrons. The van der Waals surface area contributed by atoms with E-state index in [9.17, 15) is 0 Å². The van der Waals surface area contributed by atoms with Gasteiger partial charge >= 0.3 is 0 Å². The van der Waals surface area contributed by atoms with Gasteiger partial charge in [0.2, 0.25) is 5.95 Å². The van der Waals surface area contributed by atoms with Crippen LogP contribution in [0.4, 0.5) is 0 Å². The lowest BCUT2D eigenvalue weighted by molar-refractivity contribution is 0.986. The summed E-state index contributed by atoms with van der Waals surface area (Å²) in [7, 11) is 0. The summed E-state index contributed by atoms with van der Waals surface area (Å²) >= 11 is 0. The Labute approximate surface area is 183 Å². The summed E-state index contributed by atoms with van der Waals surface area (Å²) in [6.45, 7) is 0. The molecule has 0 atom stereocenters. The molecule has 5 nitrogen and oxygen atoms in total. The normalized spacial score (nSPS) is 11.8. The van der Waals surface area contributed by atoms with Crippen molar-refractivity contribution in [1.82, 2.24) is 23.9 Å². The van der Waals surface area contributed by atoms with Gasteiger partial charge in [-0.25, -0.2) is 15.0 Å². The van der Waals surface area contributed by atoms with Crippen molar-refractivity contribution in [2.24, 2.45) is 0 Å². The quantitative estimate of drug-likeness (QED) is 0.348. The minimum absolute atomic E-state index is 0.638. The van der Waals surface area contributed by atoms with E-state index in [4.69, 9.17) is 15.0 Å². The van der Waals surface area contributed by atoms with Gasteiger partial charge in [0.1, 0.15) is 11.2 Å². The van der Waals surface area contributed by atoms with Gasteiger partial charge in [-0.1, -0.05) is 72.8 Å². The number of hydrogen-bond donors (Lipinski definition) is 0. The largest absolute Gasteiger partial charge is 0.285 e. The molecule has 0 bridgehead atoms. The number of rotatable bonds is 2. The first-order chi connectivity index (χ1) is 15.9. The molecule has 4 heterocycles. The van der Waals surface area contributed by atoms with Crippen LogP contribution >= 0.6 is 0 Å². The standard InChI is InChI=1S/C27H17N5/c1-2-10-18(11-3-1)24-19-12-4-6-14-21(19)28-27(30-24)32-22-15-7-5-13-20(22)25-26(32)31-17-9-8-16-23(31)29-25/h1-17H. The molecule has 3 aromatic carbocycles. The molecule has 4 aromatic heterocycles. The maximum Gasteiger partial charge on any atom is 0.237 e. The number of nitrogens with zero attached hydrogens (tertiary/aromatic N) is 5. The maximum atomic E-state index is 5.11. The number of fused-ring (bicyclic) bond motifs is 6. The molecule has 0 unspecified atom stereocenters. The van der Waals surface area contributed by atoms with Crippen LogP contribution in [0, 0.1) is 0 Å². The van der Waals surface area contributed by atoms with Crippen molar-refractivity contribution in [3.05, 3.63) is 103 Å². The minimum atomic E-state index is 0.638. The summed E-state index contributed by atoms with van der Waals surface area (Å²) in [4.78, 5) is 15.0. The van der Waals surface area contributed by atoms with E-state index >= 15 is 0 Å². The summed E-state index contributed by atoms with van der Waals surface area (Å²) in [5, 5.41) is 2.12. The summed E-state index contributed by atoms with van der Waals surface area (Å²) in [6, 6.07) is 32.8. The van der Waals surface area contributed by atoms with E-state index in [2.05, 4.69) is 39.3 Å². The van der Waals surface area contributed by atoms with Crippen LogP contribution in [-0.2, 0) is 0 Å². The molecule has 0 amide bonds. The van der Waals surface area contributed by atoms with E-state index in [1.807, 2.05) is 72.9 Å². The fourth-order valence-corrected chi connectivity index (χ4v) is 4.54. The zero-order valence-electron chi connectivity index (χ0n) is 17.1. The van der Waals surface area contributed by atoms with Crippen LogP contribution in [0.5, 0.6) is 0 Å². The SMILES string of the molecule is c1ccc(-c2nc(-n3c4ccccc4c4nc5ccccn5c43)nc3ccccc23)cc1. The van der Waals surface area contributed by atoms with E-state index in [-0.39, 0.29) is 0 Å². The van der Waals surface area contributed by atoms with E-state index in [1.165, 1.54) is 0 Å².